The van der Waals surface area contributed by atoms with Crippen LogP contribution in [0.25, 0.3) is 190 Å². The number of halogens is 9. The Morgan fingerprint density at radius 2 is 0.545 bits per heavy atom. The molecule has 121 heavy (non-hydrogen) atoms. The summed E-state index contributed by atoms with van der Waals surface area (Å²) in [6.45, 7) is 9.00. The Morgan fingerprint density at radius 1 is 0.215 bits per heavy atom. The summed E-state index contributed by atoms with van der Waals surface area (Å²) in [5.41, 5.74) is 15.9. The standard InChI is InChI=1S/C104H69F9N8/c1-60-29-38-80(63(4)47-60)72-34-45-93-86(57-72)87-59-75(83-40-31-62(3)49-90(83)104(111,112)113)36-46-94(87)121(93)95-42-32-71(55-88(95)101-118-98(67-23-14-8-15-24-67)115-99(119-101)68-25-16-9-17-26-68)69-27-18-28-70(51-69)76-52-77(100-116-96(65-19-10-6-11-20-65)114-97(117-100)66-21-12-7-13-22-66)54-79(53-76)120-91-43-33-73(81-41-37-78(50-64(81)5)102(105,106)107)56-84(91)85-58-74(35-44-92(85)120)82-39-30-61(2)48-89(82)103(108,109)110/h6-59H,1-5H3. The van der Waals surface area contributed by atoms with Crippen molar-refractivity contribution in [1.82, 2.24) is 39.0 Å². The fourth-order valence-corrected chi connectivity index (χ4v) is 16.7. The Kier molecular flexibility index (Phi) is 18.9. The Morgan fingerprint density at radius 3 is 0.959 bits per heavy atom. The van der Waals surface area contributed by atoms with Gasteiger partial charge in [0, 0.05) is 60.6 Å². The molecule has 0 unspecified atom stereocenters. The molecule has 8 nitrogen and oxygen atoms in total. The van der Waals surface area contributed by atoms with Gasteiger partial charge in [-0.25, -0.2) is 29.9 Å². The van der Waals surface area contributed by atoms with E-state index in [-0.39, 0.29) is 11.1 Å². The summed E-state index contributed by atoms with van der Waals surface area (Å²) in [6.07, 6.45) is -14.0. The smallest absolute Gasteiger partial charge is 0.309 e. The zero-order chi connectivity index (χ0) is 83.3. The third-order valence-electron chi connectivity index (χ3n) is 22.5. The molecule has 4 heterocycles. The molecule has 0 aliphatic rings. The molecule has 17 heteroatoms. The summed E-state index contributed by atoms with van der Waals surface area (Å²) in [5, 5.41) is 2.68. The number of benzene rings is 15. The molecule has 0 spiro atoms. The Bertz CT molecular complexity index is 7220. The van der Waals surface area contributed by atoms with Crippen LogP contribution in [0.15, 0.2) is 328 Å². The van der Waals surface area contributed by atoms with Gasteiger partial charge < -0.3 is 9.13 Å². The van der Waals surface area contributed by atoms with Gasteiger partial charge in [-0.3, -0.25) is 0 Å². The maximum absolute atomic E-state index is 15.2. The number of alkyl halides is 9. The first-order chi connectivity index (χ1) is 58.4. The molecule has 0 fully saturated rings. The minimum absolute atomic E-state index is 0.0299. The second-order valence-electron chi connectivity index (χ2n) is 30.7. The van der Waals surface area contributed by atoms with Crippen molar-refractivity contribution < 1.29 is 39.5 Å². The van der Waals surface area contributed by atoms with Gasteiger partial charge in [-0.2, -0.15) is 39.5 Å². The minimum Gasteiger partial charge on any atom is -0.309 e. The molecule has 0 bridgehead atoms. The minimum atomic E-state index is -4.71. The van der Waals surface area contributed by atoms with E-state index in [0.717, 1.165) is 90.3 Å². The molecule has 0 saturated heterocycles. The second-order valence-corrected chi connectivity index (χ2v) is 30.7. The van der Waals surface area contributed by atoms with E-state index >= 15 is 26.3 Å². The van der Waals surface area contributed by atoms with E-state index in [0.29, 0.717) is 135 Å². The first kappa shape index (κ1) is 76.3. The number of aromatic nitrogens is 8. The Hall–Kier alpha value is -14.7. The van der Waals surface area contributed by atoms with Crippen LogP contribution in [-0.2, 0) is 18.5 Å². The lowest BCUT2D eigenvalue weighted by Crippen LogP contribution is -2.07. The fraction of sp³-hybridized carbons (Fsp3) is 0.0769. The quantitative estimate of drug-likeness (QED) is 0.101. The molecule has 0 radical (unpaired) electrons. The number of aryl methyl sites for hydroxylation is 5. The van der Waals surface area contributed by atoms with Crippen LogP contribution in [0, 0.1) is 34.6 Å². The molecular weight excluding hydrogens is 1530 g/mol. The molecule has 0 N–H and O–H groups in total. The SMILES string of the molecule is Cc1ccc(-c2ccc3c(c2)c2cc(-c4ccc(C)cc4C(F)(F)F)ccc2n3-c2ccc(-c3cccc(-c4cc(-c5nc(-c6ccccc6)nc(-c6ccccc6)n5)cc(-n5c6ccc(-c7ccc(C(F)(F)F)cc7C)cc6c6cc(-c7ccc(C)cc7C(F)(F)F)ccc65)c4)c3)cc2-c2nc(-c3ccccc3)nc(-c3ccccc3)n2)c(C)c1. The molecule has 0 aliphatic heterocycles. The average molecular weight is 1600 g/mol. The summed E-state index contributed by atoms with van der Waals surface area (Å²) < 4.78 is 138. The highest BCUT2D eigenvalue weighted by atomic mass is 19.4. The van der Waals surface area contributed by atoms with Crippen molar-refractivity contribution in [1.29, 1.82) is 0 Å². The first-order valence-corrected chi connectivity index (χ1v) is 39.3. The number of rotatable bonds is 14. The molecule has 4 aromatic heterocycles. The van der Waals surface area contributed by atoms with Gasteiger partial charge >= 0.3 is 18.5 Å². The topological polar surface area (TPSA) is 87.2 Å². The number of hydrogen-bond donors (Lipinski definition) is 0. The lowest BCUT2D eigenvalue weighted by atomic mass is 9.95. The van der Waals surface area contributed by atoms with Crippen molar-refractivity contribution in [2.75, 3.05) is 0 Å². The Labute approximate surface area is 690 Å². The fourth-order valence-electron chi connectivity index (χ4n) is 16.7. The van der Waals surface area contributed by atoms with Crippen LogP contribution < -0.4 is 0 Å². The lowest BCUT2D eigenvalue weighted by Gasteiger charge is -2.17. The molecule has 19 aromatic rings. The highest BCUT2D eigenvalue weighted by Crippen LogP contribution is 2.48. The zero-order valence-electron chi connectivity index (χ0n) is 65.7. The summed E-state index contributed by atoms with van der Waals surface area (Å²) >= 11 is 0. The van der Waals surface area contributed by atoms with Gasteiger partial charge in [0.25, 0.3) is 0 Å². The van der Waals surface area contributed by atoms with Crippen molar-refractivity contribution in [3.05, 3.63) is 372 Å². The Balaban J connectivity index is 0.850. The van der Waals surface area contributed by atoms with Crippen molar-refractivity contribution in [2.24, 2.45) is 0 Å². The highest BCUT2D eigenvalue weighted by Gasteiger charge is 2.37. The number of nitrogens with zero attached hydrogens (tertiary/aromatic N) is 8. The van der Waals surface area contributed by atoms with Gasteiger partial charge in [-0.05, 0) is 222 Å². The van der Waals surface area contributed by atoms with E-state index in [4.69, 9.17) is 29.9 Å². The van der Waals surface area contributed by atoms with Gasteiger partial charge in [-0.15, -0.1) is 0 Å². The predicted octanol–water partition coefficient (Wildman–Crippen LogP) is 28.9. The van der Waals surface area contributed by atoms with Gasteiger partial charge in [0.1, 0.15) is 0 Å². The molecular formula is C104H69F9N8. The van der Waals surface area contributed by atoms with Crippen LogP contribution in [0.3, 0.4) is 0 Å². The van der Waals surface area contributed by atoms with E-state index < -0.39 is 35.2 Å². The van der Waals surface area contributed by atoms with E-state index in [9.17, 15) is 13.2 Å². The van der Waals surface area contributed by atoms with Crippen molar-refractivity contribution >= 4 is 43.6 Å². The van der Waals surface area contributed by atoms with Crippen LogP contribution in [-0.4, -0.2) is 39.0 Å². The molecule has 19 rings (SSSR count). The van der Waals surface area contributed by atoms with Crippen LogP contribution in [0.2, 0.25) is 0 Å². The third-order valence-corrected chi connectivity index (χ3v) is 22.5. The van der Waals surface area contributed by atoms with E-state index in [1.807, 2.05) is 218 Å². The molecule has 0 saturated carbocycles. The predicted molar refractivity (Wildman–Crippen MR) is 466 cm³/mol. The largest absolute Gasteiger partial charge is 0.417 e. The van der Waals surface area contributed by atoms with Crippen LogP contribution in [0.4, 0.5) is 39.5 Å². The van der Waals surface area contributed by atoms with Gasteiger partial charge in [0.05, 0.1) is 44.4 Å². The van der Waals surface area contributed by atoms with Gasteiger partial charge in [0.15, 0.2) is 34.9 Å². The maximum Gasteiger partial charge on any atom is 0.417 e. The average Bonchev–Trinajstić information content (AvgIpc) is 1.59. The lowest BCUT2D eigenvalue weighted by molar-refractivity contribution is -0.138. The number of fused-ring (bicyclic) bond motifs is 6. The van der Waals surface area contributed by atoms with Gasteiger partial charge in [0.2, 0.25) is 0 Å². The van der Waals surface area contributed by atoms with Crippen LogP contribution in [0.5, 0.6) is 0 Å². The van der Waals surface area contributed by atoms with E-state index in [2.05, 4.69) is 60.0 Å². The van der Waals surface area contributed by atoms with Crippen molar-refractivity contribution in [2.45, 2.75) is 53.1 Å². The van der Waals surface area contributed by atoms with Gasteiger partial charge in [-0.1, -0.05) is 235 Å². The normalized spacial score (nSPS) is 12.0. The second kappa shape index (κ2) is 30.0. The number of hydrogen-bond acceptors (Lipinski definition) is 6. The highest BCUT2D eigenvalue weighted by molar-refractivity contribution is 6.14. The third kappa shape index (κ3) is 14.5. The molecule has 0 aliphatic carbocycles. The molecule has 588 valence electrons. The summed E-state index contributed by atoms with van der Waals surface area (Å²) in [7, 11) is 0. The first-order valence-electron chi connectivity index (χ1n) is 39.3. The zero-order valence-corrected chi connectivity index (χ0v) is 65.7. The molecule has 15 aromatic carbocycles. The van der Waals surface area contributed by atoms with E-state index in [1.165, 1.54) is 18.2 Å². The summed E-state index contributed by atoms with van der Waals surface area (Å²) in [6, 6.07) is 100. The van der Waals surface area contributed by atoms with Crippen molar-refractivity contribution in [3.63, 3.8) is 0 Å². The van der Waals surface area contributed by atoms with Crippen LogP contribution >= 0.6 is 0 Å². The van der Waals surface area contributed by atoms with E-state index in [1.54, 1.807) is 57.2 Å². The van der Waals surface area contributed by atoms with Crippen molar-refractivity contribution in [3.8, 4) is 146 Å². The van der Waals surface area contributed by atoms with Crippen LogP contribution in [0.1, 0.15) is 44.5 Å². The maximum atomic E-state index is 15.2. The molecule has 0 atom stereocenters. The monoisotopic (exact) mass is 1600 g/mol. The molecule has 0 amide bonds. The summed E-state index contributed by atoms with van der Waals surface area (Å²) in [4.78, 5) is 31.5. The summed E-state index contributed by atoms with van der Waals surface area (Å²) in [5.74, 6) is 2.27.